The van der Waals surface area contributed by atoms with Gasteiger partial charge in [-0.2, -0.15) is 0 Å². The highest BCUT2D eigenvalue weighted by molar-refractivity contribution is 5.34. The van der Waals surface area contributed by atoms with Gasteiger partial charge in [0.05, 0.1) is 6.61 Å². The minimum Gasteiger partial charge on any atom is -0.494 e. The van der Waals surface area contributed by atoms with Crippen LogP contribution in [0, 0.1) is 0 Å². The van der Waals surface area contributed by atoms with Crippen LogP contribution < -0.4 is 15.2 Å². The van der Waals surface area contributed by atoms with Gasteiger partial charge in [0.15, 0.2) is 0 Å². The number of nitrogens with zero attached hydrogens (tertiary/aromatic N) is 2. The number of hydrogen-bond acceptors (Lipinski definition) is 5. The summed E-state index contributed by atoms with van der Waals surface area (Å²) in [4.78, 5) is 0. The Labute approximate surface area is 99.2 Å². The maximum absolute atomic E-state index is 5.48. The molecule has 17 heavy (non-hydrogen) atoms. The zero-order chi connectivity index (χ0) is 12.1. The van der Waals surface area contributed by atoms with E-state index in [9.17, 15) is 0 Å². The predicted molar refractivity (Wildman–Crippen MR) is 64.1 cm³/mol. The normalized spacial score (nSPS) is 9.94. The van der Waals surface area contributed by atoms with Crippen molar-refractivity contribution in [2.24, 2.45) is 0 Å². The molecular weight excluding hydrogens is 218 g/mol. The van der Waals surface area contributed by atoms with Crippen molar-refractivity contribution in [2.75, 3.05) is 12.3 Å². The third-order valence-electron chi connectivity index (χ3n) is 2.02. The molecule has 5 nitrogen and oxygen atoms in total. The van der Waals surface area contributed by atoms with Gasteiger partial charge in [0.25, 0.3) is 0 Å². The average Bonchev–Trinajstić information content (AvgIpc) is 2.35. The first kappa shape index (κ1) is 11.2. The number of nitrogens with two attached hydrogens (primary N) is 1. The predicted octanol–water partition coefficient (Wildman–Crippen LogP) is 2.25. The van der Waals surface area contributed by atoms with Crippen molar-refractivity contribution in [3.8, 4) is 17.4 Å². The van der Waals surface area contributed by atoms with Crippen LogP contribution in [0.2, 0.25) is 0 Å². The van der Waals surface area contributed by atoms with Crippen molar-refractivity contribution < 1.29 is 9.47 Å². The van der Waals surface area contributed by atoms with Crippen LogP contribution in [0.25, 0.3) is 0 Å². The van der Waals surface area contributed by atoms with Gasteiger partial charge in [0.1, 0.15) is 17.3 Å². The Morgan fingerprint density at radius 1 is 1.00 bits per heavy atom. The van der Waals surface area contributed by atoms with Crippen molar-refractivity contribution in [1.82, 2.24) is 10.2 Å². The smallest absolute Gasteiger partial charge is 0.238 e. The molecule has 0 saturated heterocycles. The van der Waals surface area contributed by atoms with Gasteiger partial charge < -0.3 is 15.2 Å². The van der Waals surface area contributed by atoms with Crippen LogP contribution in [-0.4, -0.2) is 16.8 Å². The van der Waals surface area contributed by atoms with Crippen LogP contribution >= 0.6 is 0 Å². The third-order valence-corrected chi connectivity index (χ3v) is 2.02. The summed E-state index contributed by atoms with van der Waals surface area (Å²) in [6.45, 7) is 2.58. The van der Waals surface area contributed by atoms with Gasteiger partial charge >= 0.3 is 0 Å². The molecular formula is C12H13N3O2. The lowest BCUT2D eigenvalue weighted by molar-refractivity contribution is 0.339. The zero-order valence-corrected chi connectivity index (χ0v) is 9.46. The monoisotopic (exact) mass is 231 g/mol. The van der Waals surface area contributed by atoms with Crippen molar-refractivity contribution in [3.05, 3.63) is 36.4 Å². The van der Waals surface area contributed by atoms with Crippen LogP contribution in [-0.2, 0) is 0 Å². The number of anilines is 1. The van der Waals surface area contributed by atoms with E-state index in [1.807, 2.05) is 31.2 Å². The molecule has 0 amide bonds. The van der Waals surface area contributed by atoms with Gasteiger partial charge in [-0.25, -0.2) is 0 Å². The highest BCUT2D eigenvalue weighted by Gasteiger charge is 1.99. The lowest BCUT2D eigenvalue weighted by atomic mass is 10.3. The van der Waals surface area contributed by atoms with Crippen molar-refractivity contribution in [1.29, 1.82) is 0 Å². The SMILES string of the molecule is CCOc1ccc(Oc2ccc(N)nn2)cc1. The minimum atomic E-state index is 0.365. The first-order valence-electron chi connectivity index (χ1n) is 5.28. The third kappa shape index (κ3) is 3.07. The average molecular weight is 231 g/mol. The summed E-state index contributed by atoms with van der Waals surface area (Å²) in [5.74, 6) is 2.25. The lowest BCUT2D eigenvalue weighted by Crippen LogP contribution is -1.95. The Bertz CT molecular complexity index is 468. The number of rotatable bonds is 4. The van der Waals surface area contributed by atoms with Gasteiger partial charge in [-0.1, -0.05) is 0 Å². The molecule has 0 saturated carbocycles. The van der Waals surface area contributed by atoms with Crippen LogP contribution in [0.4, 0.5) is 5.82 Å². The maximum atomic E-state index is 5.48. The highest BCUT2D eigenvalue weighted by Crippen LogP contribution is 2.22. The first-order valence-corrected chi connectivity index (χ1v) is 5.28. The first-order chi connectivity index (χ1) is 8.28. The topological polar surface area (TPSA) is 70.3 Å². The molecule has 0 unspecified atom stereocenters. The second-order valence-corrected chi connectivity index (χ2v) is 3.30. The van der Waals surface area contributed by atoms with Gasteiger partial charge in [-0.05, 0) is 37.3 Å². The Kier molecular flexibility index (Phi) is 3.40. The van der Waals surface area contributed by atoms with Crippen molar-refractivity contribution in [3.63, 3.8) is 0 Å². The Balaban J connectivity index is 2.05. The zero-order valence-electron chi connectivity index (χ0n) is 9.46. The molecule has 2 rings (SSSR count). The van der Waals surface area contributed by atoms with Crippen LogP contribution in [0.3, 0.4) is 0 Å². The standard InChI is InChI=1S/C12H13N3O2/c1-2-16-9-3-5-10(6-4-9)17-12-8-7-11(13)14-15-12/h3-8H,2H2,1H3,(H2,13,14). The fraction of sp³-hybridized carbons (Fsp3) is 0.167. The molecule has 2 N–H and O–H groups in total. The summed E-state index contributed by atoms with van der Waals surface area (Å²) in [5.41, 5.74) is 5.43. The fourth-order valence-corrected chi connectivity index (χ4v) is 1.28. The molecule has 2 aromatic rings. The van der Waals surface area contributed by atoms with Gasteiger partial charge in [-0.3, -0.25) is 0 Å². The van der Waals surface area contributed by atoms with E-state index in [1.54, 1.807) is 12.1 Å². The van der Waals surface area contributed by atoms with E-state index in [1.165, 1.54) is 0 Å². The summed E-state index contributed by atoms with van der Waals surface area (Å²) in [7, 11) is 0. The van der Waals surface area contributed by atoms with Crippen LogP contribution in [0.15, 0.2) is 36.4 Å². The summed E-state index contributed by atoms with van der Waals surface area (Å²) in [6, 6.07) is 10.6. The Morgan fingerprint density at radius 3 is 2.29 bits per heavy atom. The van der Waals surface area contributed by atoms with E-state index in [-0.39, 0.29) is 0 Å². The van der Waals surface area contributed by atoms with Crippen molar-refractivity contribution >= 4 is 5.82 Å². The number of ether oxygens (including phenoxy) is 2. The van der Waals surface area contributed by atoms with E-state index in [0.29, 0.717) is 24.1 Å². The molecule has 0 fully saturated rings. The maximum Gasteiger partial charge on any atom is 0.238 e. The molecule has 0 radical (unpaired) electrons. The number of benzene rings is 1. The van der Waals surface area contributed by atoms with E-state index in [4.69, 9.17) is 15.2 Å². The number of nitrogen functional groups attached to an aromatic ring is 1. The fourth-order valence-electron chi connectivity index (χ4n) is 1.28. The molecule has 0 aliphatic carbocycles. The second kappa shape index (κ2) is 5.16. The van der Waals surface area contributed by atoms with Gasteiger partial charge in [0, 0.05) is 6.07 Å². The molecule has 1 aromatic carbocycles. The Morgan fingerprint density at radius 2 is 1.71 bits per heavy atom. The minimum absolute atomic E-state index is 0.365. The second-order valence-electron chi connectivity index (χ2n) is 3.30. The lowest BCUT2D eigenvalue weighted by Gasteiger charge is -2.06. The summed E-state index contributed by atoms with van der Waals surface area (Å²) >= 11 is 0. The van der Waals surface area contributed by atoms with E-state index >= 15 is 0 Å². The molecule has 0 aliphatic rings. The molecule has 88 valence electrons. The molecule has 1 heterocycles. The van der Waals surface area contributed by atoms with Crippen LogP contribution in [0.1, 0.15) is 6.92 Å². The largest absolute Gasteiger partial charge is 0.494 e. The van der Waals surface area contributed by atoms with E-state index in [2.05, 4.69) is 10.2 Å². The summed E-state index contributed by atoms with van der Waals surface area (Å²) < 4.78 is 10.8. The number of hydrogen-bond donors (Lipinski definition) is 1. The molecule has 0 spiro atoms. The summed E-state index contributed by atoms with van der Waals surface area (Å²) in [5, 5.41) is 7.50. The number of aromatic nitrogens is 2. The molecule has 5 heteroatoms. The van der Waals surface area contributed by atoms with Gasteiger partial charge in [0.2, 0.25) is 5.88 Å². The van der Waals surface area contributed by atoms with Crippen LogP contribution in [0.5, 0.6) is 17.4 Å². The summed E-state index contributed by atoms with van der Waals surface area (Å²) in [6.07, 6.45) is 0. The molecule has 0 atom stereocenters. The molecule has 1 aromatic heterocycles. The Hall–Kier alpha value is -2.30. The van der Waals surface area contributed by atoms with E-state index in [0.717, 1.165) is 5.75 Å². The molecule has 0 bridgehead atoms. The van der Waals surface area contributed by atoms with E-state index < -0.39 is 0 Å². The highest BCUT2D eigenvalue weighted by atomic mass is 16.5. The van der Waals surface area contributed by atoms with Gasteiger partial charge in [-0.15, -0.1) is 10.2 Å². The van der Waals surface area contributed by atoms with Crippen molar-refractivity contribution in [2.45, 2.75) is 6.92 Å². The molecule has 0 aliphatic heterocycles. The quantitative estimate of drug-likeness (QED) is 0.873.